The van der Waals surface area contributed by atoms with E-state index in [1.165, 1.54) is 0 Å². The van der Waals surface area contributed by atoms with E-state index in [2.05, 4.69) is 15.9 Å². The van der Waals surface area contributed by atoms with E-state index in [-0.39, 0.29) is 11.8 Å². The van der Waals surface area contributed by atoms with E-state index in [0.29, 0.717) is 56.1 Å². The Labute approximate surface area is 160 Å². The molecule has 138 valence electrons. The van der Waals surface area contributed by atoms with Crippen LogP contribution in [0.3, 0.4) is 0 Å². The quantitative estimate of drug-likeness (QED) is 0.673. The number of halogens is 1. The Morgan fingerprint density at radius 2 is 1.69 bits per heavy atom. The van der Waals surface area contributed by atoms with Gasteiger partial charge in [-0.3, -0.25) is 9.59 Å². The highest BCUT2D eigenvalue weighted by Crippen LogP contribution is 2.17. The predicted octanol–water partition coefficient (Wildman–Crippen LogP) is 3.19. The SMILES string of the molecule is O=C(CCCOc1ccccc1)N1CCN(C(=O)c2ccc(Br)o2)CC1. The highest BCUT2D eigenvalue weighted by atomic mass is 79.9. The molecule has 0 N–H and O–H groups in total. The van der Waals surface area contributed by atoms with Gasteiger partial charge in [-0.2, -0.15) is 0 Å². The molecule has 1 saturated heterocycles. The van der Waals surface area contributed by atoms with Crippen LogP contribution in [-0.2, 0) is 4.79 Å². The zero-order valence-electron chi connectivity index (χ0n) is 14.4. The molecule has 6 nitrogen and oxygen atoms in total. The van der Waals surface area contributed by atoms with Crippen molar-refractivity contribution >= 4 is 27.7 Å². The minimum Gasteiger partial charge on any atom is -0.494 e. The Morgan fingerprint density at radius 1 is 1.00 bits per heavy atom. The van der Waals surface area contributed by atoms with E-state index in [1.807, 2.05) is 35.2 Å². The lowest BCUT2D eigenvalue weighted by molar-refractivity contribution is -0.132. The summed E-state index contributed by atoms with van der Waals surface area (Å²) in [4.78, 5) is 28.2. The molecule has 0 radical (unpaired) electrons. The summed E-state index contributed by atoms with van der Waals surface area (Å²) in [6.45, 7) is 2.65. The van der Waals surface area contributed by atoms with Gasteiger partial charge in [0, 0.05) is 32.6 Å². The van der Waals surface area contributed by atoms with Crippen molar-refractivity contribution in [1.82, 2.24) is 9.80 Å². The number of para-hydroxylation sites is 1. The van der Waals surface area contributed by atoms with Crippen LogP contribution in [0, 0.1) is 0 Å². The maximum Gasteiger partial charge on any atom is 0.289 e. The molecule has 1 aromatic heterocycles. The largest absolute Gasteiger partial charge is 0.494 e. The van der Waals surface area contributed by atoms with Gasteiger partial charge in [0.2, 0.25) is 5.91 Å². The molecule has 0 saturated carbocycles. The molecule has 0 spiro atoms. The fourth-order valence-corrected chi connectivity index (χ4v) is 3.14. The molecule has 1 aromatic carbocycles. The first kappa shape index (κ1) is 18.5. The molecule has 1 aliphatic heterocycles. The van der Waals surface area contributed by atoms with Crippen molar-refractivity contribution in [2.75, 3.05) is 32.8 Å². The first-order valence-electron chi connectivity index (χ1n) is 8.64. The standard InChI is InChI=1S/C19H21BrN2O4/c20-17-9-8-16(26-17)19(24)22-12-10-21(11-13-22)18(23)7-4-14-25-15-5-2-1-3-6-15/h1-3,5-6,8-9H,4,7,10-14H2. The molecule has 3 rings (SSSR count). The Bertz CT molecular complexity index is 739. The van der Waals surface area contributed by atoms with Crippen LogP contribution < -0.4 is 4.74 Å². The van der Waals surface area contributed by atoms with Crippen LogP contribution in [-0.4, -0.2) is 54.4 Å². The third-order valence-corrected chi connectivity index (χ3v) is 4.68. The maximum absolute atomic E-state index is 12.3. The van der Waals surface area contributed by atoms with Crippen molar-refractivity contribution < 1.29 is 18.7 Å². The molecule has 0 bridgehead atoms. The summed E-state index contributed by atoms with van der Waals surface area (Å²) in [7, 11) is 0. The summed E-state index contributed by atoms with van der Waals surface area (Å²) < 4.78 is 11.4. The van der Waals surface area contributed by atoms with Gasteiger partial charge in [0.05, 0.1) is 6.61 Å². The Balaban J connectivity index is 1.37. The normalized spacial score (nSPS) is 14.3. The van der Waals surface area contributed by atoms with Gasteiger partial charge >= 0.3 is 0 Å². The van der Waals surface area contributed by atoms with Crippen molar-refractivity contribution in [3.8, 4) is 5.75 Å². The predicted molar refractivity (Wildman–Crippen MR) is 100 cm³/mol. The number of ether oxygens (including phenoxy) is 1. The van der Waals surface area contributed by atoms with E-state index >= 15 is 0 Å². The Hall–Kier alpha value is -2.28. The third-order valence-electron chi connectivity index (χ3n) is 4.25. The van der Waals surface area contributed by atoms with Crippen molar-refractivity contribution in [2.24, 2.45) is 0 Å². The first-order chi connectivity index (χ1) is 12.6. The minimum absolute atomic E-state index is 0.106. The van der Waals surface area contributed by atoms with Gasteiger partial charge in [0.15, 0.2) is 10.4 Å². The molecule has 0 aliphatic carbocycles. The molecule has 0 atom stereocenters. The first-order valence-corrected chi connectivity index (χ1v) is 9.43. The Morgan fingerprint density at radius 3 is 2.35 bits per heavy atom. The van der Waals surface area contributed by atoms with Crippen LogP contribution in [0.5, 0.6) is 5.75 Å². The van der Waals surface area contributed by atoms with E-state index < -0.39 is 0 Å². The summed E-state index contributed by atoms with van der Waals surface area (Å²) >= 11 is 3.20. The van der Waals surface area contributed by atoms with Gasteiger partial charge in [-0.1, -0.05) is 18.2 Å². The molecule has 2 amide bonds. The topological polar surface area (TPSA) is 63.0 Å². The smallest absolute Gasteiger partial charge is 0.289 e. The minimum atomic E-state index is -0.140. The van der Waals surface area contributed by atoms with E-state index in [9.17, 15) is 9.59 Å². The van der Waals surface area contributed by atoms with Crippen LogP contribution >= 0.6 is 15.9 Å². The van der Waals surface area contributed by atoms with E-state index in [0.717, 1.165) is 5.75 Å². The van der Waals surface area contributed by atoms with Crippen LogP contribution in [0.15, 0.2) is 51.6 Å². The molecule has 7 heteroatoms. The summed E-state index contributed by atoms with van der Waals surface area (Å²) in [5.41, 5.74) is 0. The molecule has 26 heavy (non-hydrogen) atoms. The number of amides is 2. The number of hydrogen-bond donors (Lipinski definition) is 0. The summed E-state index contributed by atoms with van der Waals surface area (Å²) in [5, 5.41) is 0. The van der Waals surface area contributed by atoms with Gasteiger partial charge in [-0.05, 0) is 46.6 Å². The zero-order valence-corrected chi connectivity index (χ0v) is 16.0. The molecule has 1 aliphatic rings. The lowest BCUT2D eigenvalue weighted by Crippen LogP contribution is -2.50. The molecular formula is C19H21BrN2O4. The molecule has 2 aromatic rings. The van der Waals surface area contributed by atoms with Crippen molar-refractivity contribution in [3.05, 3.63) is 52.9 Å². The van der Waals surface area contributed by atoms with E-state index in [1.54, 1.807) is 17.0 Å². The van der Waals surface area contributed by atoms with Gasteiger partial charge in [0.25, 0.3) is 5.91 Å². The zero-order chi connectivity index (χ0) is 18.4. The van der Waals surface area contributed by atoms with Crippen LogP contribution in [0.1, 0.15) is 23.4 Å². The van der Waals surface area contributed by atoms with Gasteiger partial charge < -0.3 is 19.0 Å². The second-order valence-electron chi connectivity index (χ2n) is 6.04. The number of carbonyl (C=O) groups excluding carboxylic acids is 2. The average Bonchev–Trinajstić information content (AvgIpc) is 3.12. The number of carbonyl (C=O) groups is 2. The molecule has 0 unspecified atom stereocenters. The highest BCUT2D eigenvalue weighted by molar-refractivity contribution is 9.10. The van der Waals surface area contributed by atoms with Crippen LogP contribution in [0.25, 0.3) is 0 Å². The summed E-state index contributed by atoms with van der Waals surface area (Å²) in [6, 6.07) is 12.9. The number of piperazine rings is 1. The molecule has 2 heterocycles. The third kappa shape index (κ3) is 4.88. The van der Waals surface area contributed by atoms with Gasteiger partial charge in [-0.15, -0.1) is 0 Å². The molecular weight excluding hydrogens is 400 g/mol. The fourth-order valence-electron chi connectivity index (χ4n) is 2.83. The molecule has 1 fully saturated rings. The van der Waals surface area contributed by atoms with Crippen LogP contribution in [0.2, 0.25) is 0 Å². The monoisotopic (exact) mass is 420 g/mol. The van der Waals surface area contributed by atoms with Crippen LogP contribution in [0.4, 0.5) is 0 Å². The number of benzene rings is 1. The van der Waals surface area contributed by atoms with Gasteiger partial charge in [-0.25, -0.2) is 0 Å². The second-order valence-corrected chi connectivity index (χ2v) is 6.82. The lowest BCUT2D eigenvalue weighted by atomic mass is 10.2. The van der Waals surface area contributed by atoms with E-state index in [4.69, 9.17) is 9.15 Å². The maximum atomic E-state index is 12.3. The number of rotatable bonds is 6. The fraction of sp³-hybridized carbons (Fsp3) is 0.368. The summed E-state index contributed by atoms with van der Waals surface area (Å²) in [5.74, 6) is 1.10. The van der Waals surface area contributed by atoms with Crippen molar-refractivity contribution in [2.45, 2.75) is 12.8 Å². The lowest BCUT2D eigenvalue weighted by Gasteiger charge is -2.34. The second kappa shape index (κ2) is 8.89. The number of hydrogen-bond acceptors (Lipinski definition) is 4. The highest BCUT2D eigenvalue weighted by Gasteiger charge is 2.26. The summed E-state index contributed by atoms with van der Waals surface area (Å²) in [6.07, 6.45) is 1.12. The van der Waals surface area contributed by atoms with Crippen molar-refractivity contribution in [1.29, 1.82) is 0 Å². The van der Waals surface area contributed by atoms with Crippen molar-refractivity contribution in [3.63, 3.8) is 0 Å². The average molecular weight is 421 g/mol. The number of furan rings is 1. The number of nitrogens with zero attached hydrogens (tertiary/aromatic N) is 2. The Kier molecular flexibility index (Phi) is 6.33. The van der Waals surface area contributed by atoms with Gasteiger partial charge in [0.1, 0.15) is 5.75 Å².